The molecule has 0 unspecified atom stereocenters. The highest BCUT2D eigenvalue weighted by Gasteiger charge is 2.22. The molecule has 11 nitrogen and oxygen atoms in total. The molecule has 0 bridgehead atoms. The molecule has 0 amide bonds. The van der Waals surface area contributed by atoms with Crippen LogP contribution in [0.15, 0.2) is 73.9 Å². The number of aryl methyl sites for hydroxylation is 2. The van der Waals surface area contributed by atoms with Crippen LogP contribution in [0.1, 0.15) is 68.1 Å². The van der Waals surface area contributed by atoms with Crippen molar-refractivity contribution in [3.05, 3.63) is 103 Å². The second kappa shape index (κ2) is 12.8. The Hall–Kier alpha value is -4.77. The normalized spacial score (nSPS) is 13.5. The average molecular weight is 596 g/mol. The third-order valence-corrected chi connectivity index (χ3v) is 8.23. The van der Waals surface area contributed by atoms with Gasteiger partial charge in [0.25, 0.3) is 5.56 Å². The van der Waals surface area contributed by atoms with Crippen LogP contribution in [0.2, 0.25) is 0 Å². The van der Waals surface area contributed by atoms with E-state index in [0.29, 0.717) is 42.4 Å². The smallest absolute Gasteiger partial charge is 0.296 e. The highest BCUT2D eigenvalue weighted by molar-refractivity contribution is 5.80. The second-order valence-electron chi connectivity index (χ2n) is 11.2. The summed E-state index contributed by atoms with van der Waals surface area (Å²) < 4.78 is 8.33. The number of fused-ring (bicyclic) bond motifs is 1. The molecule has 1 aliphatic carbocycles. The van der Waals surface area contributed by atoms with E-state index in [1.165, 1.54) is 12.0 Å². The molecular weight excluding hydrogens is 558 g/mol. The third kappa shape index (κ3) is 5.87. The van der Waals surface area contributed by atoms with Gasteiger partial charge in [-0.05, 0) is 61.3 Å². The topological polar surface area (TPSA) is 132 Å². The molecule has 6 rings (SSSR count). The Bertz CT molecular complexity index is 1920. The van der Waals surface area contributed by atoms with Crippen LogP contribution in [0.4, 0.5) is 0 Å². The molecule has 1 saturated carbocycles. The fourth-order valence-electron chi connectivity index (χ4n) is 6.15. The van der Waals surface area contributed by atoms with Gasteiger partial charge in [0.15, 0.2) is 5.82 Å². The zero-order valence-corrected chi connectivity index (χ0v) is 25.4. The summed E-state index contributed by atoms with van der Waals surface area (Å²) in [6.45, 7) is 4.30. The highest BCUT2D eigenvalue weighted by atomic mass is 16.6. The number of nitrogens with one attached hydrogen (secondary N) is 2. The summed E-state index contributed by atoms with van der Waals surface area (Å²) >= 11 is 0. The summed E-state index contributed by atoms with van der Waals surface area (Å²) in [6, 6.07) is 15.8. The lowest BCUT2D eigenvalue weighted by atomic mass is 9.93. The van der Waals surface area contributed by atoms with E-state index in [1.807, 2.05) is 60.0 Å². The maximum absolute atomic E-state index is 14.4. The standard InChI is InChI=1S/C33H37N7O4/c1-4-10-29-27(19-22-15-17-23(18-16-22)25-13-8-9-14-26(25)30-35-33(42)44-38-30)31(41)39(32-34-21(2)36-40(29)32)20-28(37-43-3)24-11-6-5-7-12-24/h8-9,13-18,37H,4-7,10-12,19-20H2,1-3H3,(H,35,38,42). The Morgan fingerprint density at radius 2 is 1.80 bits per heavy atom. The van der Waals surface area contributed by atoms with Crippen molar-refractivity contribution in [3.63, 3.8) is 0 Å². The Morgan fingerprint density at radius 1 is 1.05 bits per heavy atom. The number of aromatic nitrogens is 6. The van der Waals surface area contributed by atoms with Crippen LogP contribution in [0.25, 0.3) is 28.3 Å². The molecule has 44 heavy (non-hydrogen) atoms. The number of aromatic amines is 1. The van der Waals surface area contributed by atoms with Crippen LogP contribution in [0, 0.1) is 6.92 Å². The van der Waals surface area contributed by atoms with Crippen LogP contribution in [-0.2, 0) is 24.2 Å². The molecule has 0 atom stereocenters. The predicted molar refractivity (Wildman–Crippen MR) is 167 cm³/mol. The molecule has 3 heterocycles. The van der Waals surface area contributed by atoms with Crippen molar-refractivity contribution in [2.75, 3.05) is 7.11 Å². The largest absolute Gasteiger partial charge is 0.439 e. The summed E-state index contributed by atoms with van der Waals surface area (Å²) in [5.74, 6) is 0.944. The lowest BCUT2D eigenvalue weighted by molar-refractivity contribution is 0.112. The summed E-state index contributed by atoms with van der Waals surface area (Å²) in [7, 11) is 1.60. The maximum Gasteiger partial charge on any atom is 0.439 e. The zero-order valence-electron chi connectivity index (χ0n) is 25.4. The first kappa shape index (κ1) is 29.3. The first-order chi connectivity index (χ1) is 21.5. The van der Waals surface area contributed by atoms with E-state index in [1.54, 1.807) is 11.7 Å². The van der Waals surface area contributed by atoms with Gasteiger partial charge in [0, 0.05) is 17.5 Å². The lowest BCUT2D eigenvalue weighted by Crippen LogP contribution is -2.32. The van der Waals surface area contributed by atoms with E-state index in [2.05, 4.69) is 22.5 Å². The predicted octanol–water partition coefficient (Wildman–Crippen LogP) is 5.12. The number of nitrogens with zero attached hydrogens (tertiary/aromatic N) is 5. The fourth-order valence-corrected chi connectivity index (χ4v) is 6.15. The van der Waals surface area contributed by atoms with E-state index >= 15 is 0 Å². The minimum absolute atomic E-state index is 0.0652. The monoisotopic (exact) mass is 595 g/mol. The molecule has 0 spiro atoms. The van der Waals surface area contributed by atoms with Crippen molar-refractivity contribution in [1.82, 2.24) is 34.8 Å². The van der Waals surface area contributed by atoms with Crippen molar-refractivity contribution in [3.8, 4) is 22.5 Å². The number of hydrogen-bond acceptors (Lipinski definition) is 8. The minimum atomic E-state index is -0.599. The van der Waals surface area contributed by atoms with E-state index < -0.39 is 5.76 Å². The Morgan fingerprint density at radius 3 is 2.48 bits per heavy atom. The van der Waals surface area contributed by atoms with Gasteiger partial charge in [0.05, 0.1) is 25.0 Å². The van der Waals surface area contributed by atoms with Crippen LogP contribution in [-0.4, -0.2) is 36.4 Å². The van der Waals surface area contributed by atoms with Crippen LogP contribution in [0.5, 0.6) is 0 Å². The fraction of sp³-hybridized carbons (Fsp3) is 0.364. The van der Waals surface area contributed by atoms with Crippen LogP contribution in [0.3, 0.4) is 0 Å². The first-order valence-electron chi connectivity index (χ1n) is 15.2. The number of rotatable bonds is 10. The van der Waals surface area contributed by atoms with Crippen molar-refractivity contribution < 1.29 is 9.36 Å². The molecule has 228 valence electrons. The number of benzene rings is 2. The van der Waals surface area contributed by atoms with Crippen LogP contribution < -0.4 is 16.8 Å². The number of hydroxylamine groups is 1. The van der Waals surface area contributed by atoms with Gasteiger partial charge in [-0.2, -0.15) is 10.1 Å². The van der Waals surface area contributed by atoms with Gasteiger partial charge in [-0.25, -0.2) is 9.31 Å². The number of H-pyrrole nitrogens is 1. The summed E-state index contributed by atoms with van der Waals surface area (Å²) in [5, 5.41) is 8.60. The molecule has 1 aliphatic rings. The lowest BCUT2D eigenvalue weighted by Gasteiger charge is -2.21. The number of allylic oxidation sites excluding steroid dienone is 2. The first-order valence-corrected chi connectivity index (χ1v) is 15.2. The Labute approximate surface area is 254 Å². The number of hydrogen-bond donors (Lipinski definition) is 2. The Balaban J connectivity index is 1.40. The molecule has 0 radical (unpaired) electrons. The zero-order chi connectivity index (χ0) is 30.6. The van der Waals surface area contributed by atoms with Gasteiger partial charge < -0.3 is 0 Å². The van der Waals surface area contributed by atoms with E-state index in [-0.39, 0.29) is 5.56 Å². The van der Waals surface area contributed by atoms with Gasteiger partial charge in [-0.3, -0.25) is 29.2 Å². The second-order valence-corrected chi connectivity index (χ2v) is 11.2. The summed E-state index contributed by atoms with van der Waals surface area (Å²) in [4.78, 5) is 38.6. The molecule has 2 N–H and O–H groups in total. The van der Waals surface area contributed by atoms with E-state index in [4.69, 9.17) is 19.4 Å². The molecule has 0 saturated heterocycles. The van der Waals surface area contributed by atoms with Crippen molar-refractivity contribution in [1.29, 1.82) is 0 Å². The third-order valence-electron chi connectivity index (χ3n) is 8.23. The molecule has 11 heteroatoms. The SMILES string of the molecule is CCCc1c(Cc2ccc(-c3ccccc3-c3noc(=O)[nH]3)cc2)c(=O)n(CC(NOC)=C2CCCCC2)c2nc(C)nn12. The van der Waals surface area contributed by atoms with Gasteiger partial charge in [-0.1, -0.05) is 73.5 Å². The van der Waals surface area contributed by atoms with Crippen LogP contribution >= 0.6 is 0 Å². The molecule has 1 fully saturated rings. The van der Waals surface area contributed by atoms with Gasteiger partial charge in [0.2, 0.25) is 5.78 Å². The van der Waals surface area contributed by atoms with Crippen molar-refractivity contribution in [2.45, 2.75) is 71.8 Å². The highest BCUT2D eigenvalue weighted by Crippen LogP contribution is 2.30. The molecular formula is C33H37N7O4. The van der Waals surface area contributed by atoms with Gasteiger partial charge in [0.1, 0.15) is 5.82 Å². The minimum Gasteiger partial charge on any atom is -0.296 e. The Kier molecular flexibility index (Phi) is 8.56. The molecule has 5 aromatic rings. The average Bonchev–Trinajstić information content (AvgIpc) is 3.66. The van der Waals surface area contributed by atoms with Gasteiger partial charge >= 0.3 is 5.76 Å². The molecule has 2 aromatic carbocycles. The van der Waals surface area contributed by atoms with E-state index in [0.717, 1.165) is 65.7 Å². The van der Waals surface area contributed by atoms with Crippen molar-refractivity contribution in [2.24, 2.45) is 0 Å². The molecule has 3 aromatic heterocycles. The summed E-state index contributed by atoms with van der Waals surface area (Å²) in [5.41, 5.74) is 10.5. The van der Waals surface area contributed by atoms with E-state index in [9.17, 15) is 9.59 Å². The van der Waals surface area contributed by atoms with Gasteiger partial charge in [-0.15, -0.1) is 0 Å². The molecule has 0 aliphatic heterocycles. The maximum atomic E-state index is 14.4. The van der Waals surface area contributed by atoms with Crippen molar-refractivity contribution >= 4 is 5.78 Å². The quantitative estimate of drug-likeness (QED) is 0.213. The summed E-state index contributed by atoms with van der Waals surface area (Å²) in [6.07, 6.45) is 7.49.